The van der Waals surface area contributed by atoms with Gasteiger partial charge in [0.2, 0.25) is 11.8 Å². The van der Waals surface area contributed by atoms with Gasteiger partial charge in [0.15, 0.2) is 0 Å². The average Bonchev–Trinajstić information content (AvgIpc) is 3.03. The first kappa shape index (κ1) is 21.0. The summed E-state index contributed by atoms with van der Waals surface area (Å²) in [6.07, 6.45) is 4.98. The number of aryl methyl sites for hydroxylation is 2. The predicted molar refractivity (Wildman–Crippen MR) is 122 cm³/mol. The number of para-hydroxylation sites is 1. The summed E-state index contributed by atoms with van der Waals surface area (Å²) in [6.45, 7) is 6.14. The second-order valence-electron chi connectivity index (χ2n) is 8.37. The maximum atomic E-state index is 12.9. The molecule has 2 aromatic rings. The van der Waals surface area contributed by atoms with E-state index in [0.717, 1.165) is 35.2 Å². The highest BCUT2D eigenvalue weighted by Gasteiger charge is 2.48. The molecular formula is C26H28N2O3. The van der Waals surface area contributed by atoms with Crippen LogP contribution < -0.4 is 10.2 Å². The van der Waals surface area contributed by atoms with Crippen LogP contribution in [0.2, 0.25) is 0 Å². The zero-order valence-electron chi connectivity index (χ0n) is 18.3. The zero-order chi connectivity index (χ0) is 22.1. The van der Waals surface area contributed by atoms with Gasteiger partial charge in [-0.2, -0.15) is 0 Å². The molecule has 0 saturated carbocycles. The molecule has 1 saturated heterocycles. The van der Waals surface area contributed by atoms with Crippen LogP contribution in [0, 0.1) is 11.8 Å². The Morgan fingerprint density at radius 3 is 2.19 bits per heavy atom. The van der Waals surface area contributed by atoms with Gasteiger partial charge in [-0.1, -0.05) is 43.7 Å². The third-order valence-electron chi connectivity index (χ3n) is 6.45. The second kappa shape index (κ2) is 8.50. The van der Waals surface area contributed by atoms with Crippen LogP contribution >= 0.6 is 0 Å². The first-order valence-electron chi connectivity index (χ1n) is 11.0. The van der Waals surface area contributed by atoms with Gasteiger partial charge in [0.05, 0.1) is 17.5 Å². The zero-order valence-corrected chi connectivity index (χ0v) is 18.3. The lowest BCUT2D eigenvalue weighted by Gasteiger charge is -2.18. The number of carbonyl (C=O) groups is 3. The van der Waals surface area contributed by atoms with Gasteiger partial charge < -0.3 is 5.32 Å². The Balaban J connectivity index is 1.54. The van der Waals surface area contributed by atoms with Crippen molar-refractivity contribution in [1.82, 2.24) is 0 Å². The van der Waals surface area contributed by atoms with Crippen molar-refractivity contribution in [3.63, 3.8) is 0 Å². The summed E-state index contributed by atoms with van der Waals surface area (Å²) in [5, 5.41) is 3.06. The van der Waals surface area contributed by atoms with E-state index in [1.54, 1.807) is 24.3 Å². The van der Waals surface area contributed by atoms with Gasteiger partial charge in [-0.15, -0.1) is 0 Å². The third-order valence-corrected chi connectivity index (χ3v) is 6.45. The van der Waals surface area contributed by atoms with Gasteiger partial charge in [-0.3, -0.25) is 19.3 Å². The van der Waals surface area contributed by atoms with E-state index in [1.807, 2.05) is 25.1 Å². The quantitative estimate of drug-likeness (QED) is 0.556. The number of amides is 3. The normalized spacial score (nSPS) is 20.5. The van der Waals surface area contributed by atoms with E-state index in [0.29, 0.717) is 24.1 Å². The number of nitrogens with one attached hydrogen (secondary N) is 1. The number of benzene rings is 2. The van der Waals surface area contributed by atoms with Crippen molar-refractivity contribution in [2.75, 3.05) is 10.2 Å². The number of anilines is 2. The van der Waals surface area contributed by atoms with Crippen molar-refractivity contribution in [3.8, 4) is 0 Å². The summed E-state index contributed by atoms with van der Waals surface area (Å²) in [5.74, 6) is -1.00. The Morgan fingerprint density at radius 1 is 0.968 bits per heavy atom. The molecule has 1 heterocycles. The molecule has 3 amide bonds. The Kier molecular flexibility index (Phi) is 5.77. The molecule has 4 rings (SSSR count). The van der Waals surface area contributed by atoms with Crippen LogP contribution in [0.1, 0.15) is 55.1 Å². The summed E-state index contributed by atoms with van der Waals surface area (Å²) < 4.78 is 0. The fourth-order valence-corrected chi connectivity index (χ4v) is 4.64. The molecule has 2 atom stereocenters. The van der Waals surface area contributed by atoms with Crippen LogP contribution in [0.4, 0.5) is 11.4 Å². The van der Waals surface area contributed by atoms with Crippen molar-refractivity contribution in [2.24, 2.45) is 11.8 Å². The number of imide groups is 1. The molecule has 0 spiro atoms. The first-order chi connectivity index (χ1) is 14.9. The van der Waals surface area contributed by atoms with Gasteiger partial charge in [0, 0.05) is 11.3 Å². The highest BCUT2D eigenvalue weighted by atomic mass is 16.2. The molecule has 160 valence electrons. The van der Waals surface area contributed by atoms with E-state index in [-0.39, 0.29) is 29.6 Å². The monoisotopic (exact) mass is 416 g/mol. The summed E-state index contributed by atoms with van der Waals surface area (Å²) in [7, 11) is 0. The van der Waals surface area contributed by atoms with E-state index in [1.165, 1.54) is 4.90 Å². The van der Waals surface area contributed by atoms with E-state index in [4.69, 9.17) is 0 Å². The molecule has 1 aliphatic carbocycles. The first-order valence-corrected chi connectivity index (χ1v) is 11.0. The molecular weight excluding hydrogens is 388 g/mol. The van der Waals surface area contributed by atoms with Crippen molar-refractivity contribution in [3.05, 3.63) is 70.8 Å². The number of fused-ring (bicyclic) bond motifs is 1. The van der Waals surface area contributed by atoms with Crippen LogP contribution in [0.25, 0.3) is 0 Å². The Morgan fingerprint density at radius 2 is 1.58 bits per heavy atom. The Bertz CT molecular complexity index is 1050. The molecule has 0 bridgehead atoms. The largest absolute Gasteiger partial charge is 0.321 e. The molecule has 0 aromatic heterocycles. The number of allylic oxidation sites excluding steroid dienone is 2. The van der Waals surface area contributed by atoms with Gasteiger partial charge in [-0.25, -0.2) is 0 Å². The fourth-order valence-electron chi connectivity index (χ4n) is 4.64. The van der Waals surface area contributed by atoms with E-state index in [9.17, 15) is 14.4 Å². The summed E-state index contributed by atoms with van der Waals surface area (Å²) in [6, 6.07) is 12.8. The average molecular weight is 417 g/mol. The van der Waals surface area contributed by atoms with E-state index in [2.05, 4.69) is 25.2 Å². The molecule has 2 aliphatic rings. The molecule has 0 unspecified atom stereocenters. The SMILES string of the molecule is CCc1cccc(CC)c1NC(=O)c1ccc(N2C(=O)[C@H]3CC(C)=CC[C@H]3C2=O)cc1. The van der Waals surface area contributed by atoms with Crippen molar-refractivity contribution >= 4 is 29.1 Å². The van der Waals surface area contributed by atoms with Crippen LogP contribution in [0.5, 0.6) is 0 Å². The molecule has 1 fully saturated rings. The summed E-state index contributed by atoms with van der Waals surface area (Å²) in [5.41, 5.74) is 5.26. The van der Waals surface area contributed by atoms with Crippen molar-refractivity contribution < 1.29 is 14.4 Å². The maximum Gasteiger partial charge on any atom is 0.255 e. The molecule has 0 radical (unpaired) electrons. The molecule has 5 heteroatoms. The van der Waals surface area contributed by atoms with E-state index < -0.39 is 0 Å². The van der Waals surface area contributed by atoms with Crippen LogP contribution in [0.15, 0.2) is 54.1 Å². The number of hydrogen-bond acceptors (Lipinski definition) is 3. The smallest absolute Gasteiger partial charge is 0.255 e. The highest BCUT2D eigenvalue weighted by Crippen LogP contribution is 2.39. The lowest BCUT2D eigenvalue weighted by atomic mass is 9.82. The molecule has 1 aliphatic heterocycles. The summed E-state index contributed by atoms with van der Waals surface area (Å²) in [4.78, 5) is 39.9. The van der Waals surface area contributed by atoms with Crippen molar-refractivity contribution in [1.29, 1.82) is 0 Å². The standard InChI is InChI=1S/C26H28N2O3/c1-4-17-7-6-8-18(5-2)23(17)27-24(29)19-10-12-20(13-11-19)28-25(30)21-14-9-16(3)15-22(21)26(28)31/h6-13,21-22H,4-5,14-15H2,1-3H3,(H,27,29)/t21-,22+/m1/s1. The van der Waals surface area contributed by atoms with E-state index >= 15 is 0 Å². The number of hydrogen-bond donors (Lipinski definition) is 1. The third kappa shape index (κ3) is 3.80. The number of nitrogens with zero attached hydrogens (tertiary/aromatic N) is 1. The van der Waals surface area contributed by atoms with Crippen molar-refractivity contribution in [2.45, 2.75) is 46.5 Å². The maximum absolute atomic E-state index is 12.9. The molecule has 5 nitrogen and oxygen atoms in total. The molecule has 1 N–H and O–H groups in total. The van der Waals surface area contributed by atoms with Gasteiger partial charge in [0.25, 0.3) is 5.91 Å². The van der Waals surface area contributed by atoms with Gasteiger partial charge >= 0.3 is 0 Å². The van der Waals surface area contributed by atoms with Crippen LogP contribution in [-0.2, 0) is 22.4 Å². The highest BCUT2D eigenvalue weighted by molar-refractivity contribution is 6.22. The second-order valence-corrected chi connectivity index (χ2v) is 8.37. The predicted octanol–water partition coefficient (Wildman–Crippen LogP) is 4.91. The fraction of sp³-hybridized carbons (Fsp3) is 0.346. The minimum Gasteiger partial charge on any atom is -0.321 e. The van der Waals surface area contributed by atoms with Crippen LogP contribution in [-0.4, -0.2) is 17.7 Å². The Labute approximate surface area is 183 Å². The molecule has 31 heavy (non-hydrogen) atoms. The van der Waals surface area contributed by atoms with Crippen LogP contribution in [0.3, 0.4) is 0 Å². The lowest BCUT2D eigenvalue weighted by Crippen LogP contribution is -2.30. The topological polar surface area (TPSA) is 66.5 Å². The summed E-state index contributed by atoms with van der Waals surface area (Å²) >= 11 is 0. The minimum atomic E-state index is -0.266. The lowest BCUT2D eigenvalue weighted by molar-refractivity contribution is -0.122. The number of rotatable bonds is 5. The molecule has 2 aromatic carbocycles. The Hall–Kier alpha value is -3.21. The number of carbonyl (C=O) groups excluding carboxylic acids is 3. The van der Waals surface area contributed by atoms with Gasteiger partial charge in [-0.05, 0) is 68.0 Å². The minimum absolute atomic E-state index is 0.135. The van der Waals surface area contributed by atoms with Gasteiger partial charge in [0.1, 0.15) is 0 Å².